The van der Waals surface area contributed by atoms with Gasteiger partial charge in [-0.2, -0.15) is 0 Å². The number of hydrogen-bond acceptors (Lipinski definition) is 0. The second kappa shape index (κ2) is 10.2. The zero-order valence-electron chi connectivity index (χ0n) is 19.3. The molecule has 160 valence electrons. The molecule has 1 unspecified atom stereocenters. The molecule has 0 aliphatic rings. The van der Waals surface area contributed by atoms with Crippen molar-refractivity contribution in [2.45, 2.75) is 40.0 Å². The Morgan fingerprint density at radius 1 is 0.774 bits per heavy atom. The molecule has 0 aliphatic carbocycles. The molecule has 0 saturated carbocycles. The van der Waals surface area contributed by atoms with Gasteiger partial charge in [-0.15, -0.1) is 0 Å². The molecule has 1 heteroatoms. The topological polar surface area (TPSA) is 0 Å². The van der Waals surface area contributed by atoms with E-state index in [0.717, 1.165) is 31.0 Å². The summed E-state index contributed by atoms with van der Waals surface area (Å²) >= 11 is 0. The van der Waals surface area contributed by atoms with Gasteiger partial charge in [0, 0.05) is 0 Å². The normalized spacial score (nSPS) is 12.9. The van der Waals surface area contributed by atoms with Crippen LogP contribution in [0.3, 0.4) is 0 Å². The van der Waals surface area contributed by atoms with Gasteiger partial charge in [0.15, 0.2) is 0 Å². The highest BCUT2D eigenvalue weighted by Crippen LogP contribution is 2.58. The molecular formula is C30H35P. The van der Waals surface area contributed by atoms with Crippen LogP contribution < -0.4 is 5.30 Å². The first-order valence-corrected chi connectivity index (χ1v) is 13.5. The lowest BCUT2D eigenvalue weighted by molar-refractivity contribution is 1.07. The monoisotopic (exact) mass is 426 g/mol. The summed E-state index contributed by atoms with van der Waals surface area (Å²) in [6.07, 6.45) is 8.99. The number of hydrogen-bond donors (Lipinski definition) is 0. The zero-order chi connectivity index (χ0) is 22.4. The molecular weight excluding hydrogens is 391 g/mol. The Bertz CT molecular complexity index is 1100. The van der Waals surface area contributed by atoms with Gasteiger partial charge in [-0.3, -0.25) is 0 Å². The van der Waals surface area contributed by atoms with Crippen molar-refractivity contribution in [2.24, 2.45) is 0 Å². The fraction of sp³-hybridized carbons (Fsp3) is 0.233. The number of benzene rings is 3. The van der Waals surface area contributed by atoms with Crippen molar-refractivity contribution in [1.29, 1.82) is 0 Å². The average Bonchev–Trinajstić information content (AvgIpc) is 2.83. The smallest absolute Gasteiger partial charge is 0.0113 e. The summed E-state index contributed by atoms with van der Waals surface area (Å²) in [6.45, 7) is 14.2. The van der Waals surface area contributed by atoms with Crippen molar-refractivity contribution < 1.29 is 0 Å². The third kappa shape index (κ3) is 4.56. The minimum Gasteiger partial charge on any atom is -0.0926 e. The van der Waals surface area contributed by atoms with Gasteiger partial charge >= 0.3 is 0 Å². The van der Waals surface area contributed by atoms with Crippen LogP contribution in [0.5, 0.6) is 0 Å². The predicted molar refractivity (Wildman–Crippen MR) is 144 cm³/mol. The van der Waals surface area contributed by atoms with Crippen LogP contribution in [0.1, 0.15) is 55.0 Å². The van der Waals surface area contributed by atoms with Crippen LogP contribution in [0.15, 0.2) is 86.0 Å². The maximum Gasteiger partial charge on any atom is -0.0113 e. The standard InChI is InChI=1S/C30H35P/c1-7-22-31(6,27-18-14-11-15-19-27)24(5)30-25(8-2)20-21-29(28(30)9-3)23(4)26-16-12-10-13-17-26/h10-21H,4-9,22H2,1-3H3. The van der Waals surface area contributed by atoms with Crippen LogP contribution >= 0.6 is 6.89 Å². The lowest BCUT2D eigenvalue weighted by atomic mass is 9.87. The molecule has 3 aromatic carbocycles. The second-order valence-electron chi connectivity index (χ2n) is 8.15. The highest BCUT2D eigenvalue weighted by molar-refractivity contribution is 7.89. The van der Waals surface area contributed by atoms with Gasteiger partial charge < -0.3 is 0 Å². The van der Waals surface area contributed by atoms with E-state index in [-0.39, 0.29) is 0 Å². The van der Waals surface area contributed by atoms with Crippen LogP contribution in [0, 0.1) is 0 Å². The molecule has 0 bridgehead atoms. The Labute approximate surface area is 189 Å². The first-order valence-electron chi connectivity index (χ1n) is 11.3. The van der Waals surface area contributed by atoms with E-state index < -0.39 is 6.89 Å². The zero-order valence-corrected chi connectivity index (χ0v) is 20.2. The summed E-state index contributed by atoms with van der Waals surface area (Å²) < 4.78 is 0. The van der Waals surface area contributed by atoms with Crippen LogP contribution in [0.25, 0.3) is 10.9 Å². The third-order valence-corrected chi connectivity index (χ3v) is 10.00. The van der Waals surface area contributed by atoms with Crippen molar-refractivity contribution in [3.63, 3.8) is 0 Å². The number of aryl methyl sites for hydroxylation is 1. The summed E-state index contributed by atoms with van der Waals surface area (Å²) in [6, 6.07) is 25.9. The molecule has 0 aliphatic heterocycles. The van der Waals surface area contributed by atoms with Crippen molar-refractivity contribution in [2.75, 3.05) is 6.16 Å². The Kier molecular flexibility index (Phi) is 7.58. The molecule has 0 spiro atoms. The molecule has 0 saturated heterocycles. The molecule has 0 nitrogen and oxygen atoms in total. The van der Waals surface area contributed by atoms with Crippen LogP contribution in [-0.2, 0) is 12.8 Å². The minimum absolute atomic E-state index is 0.949. The molecule has 0 aromatic heterocycles. The Morgan fingerprint density at radius 3 is 1.94 bits per heavy atom. The summed E-state index contributed by atoms with van der Waals surface area (Å²) in [4.78, 5) is 0. The quantitative estimate of drug-likeness (QED) is 0.304. The van der Waals surface area contributed by atoms with Gasteiger partial charge in [-0.25, -0.2) is 0 Å². The van der Waals surface area contributed by atoms with E-state index in [1.165, 1.54) is 38.4 Å². The fourth-order valence-electron chi connectivity index (χ4n) is 4.52. The molecule has 3 aromatic rings. The largest absolute Gasteiger partial charge is 0.0926 e. The Morgan fingerprint density at radius 2 is 1.39 bits per heavy atom. The first-order chi connectivity index (χ1) is 15.0. The maximum absolute atomic E-state index is 4.88. The second-order valence-corrected chi connectivity index (χ2v) is 11.6. The molecule has 1 atom stereocenters. The van der Waals surface area contributed by atoms with Gasteiger partial charge in [0.1, 0.15) is 0 Å². The van der Waals surface area contributed by atoms with Crippen molar-refractivity contribution in [1.82, 2.24) is 0 Å². The van der Waals surface area contributed by atoms with E-state index in [9.17, 15) is 0 Å². The van der Waals surface area contributed by atoms with E-state index in [4.69, 9.17) is 12.9 Å². The highest BCUT2D eigenvalue weighted by atomic mass is 31.2. The van der Waals surface area contributed by atoms with E-state index >= 15 is 0 Å². The minimum atomic E-state index is -1.81. The molecule has 0 fully saturated rings. The summed E-state index contributed by atoms with van der Waals surface area (Å²) in [5.41, 5.74) is 7.55. The fourth-order valence-corrected chi connectivity index (χ4v) is 7.58. The maximum atomic E-state index is 4.88. The molecule has 0 radical (unpaired) electrons. The van der Waals surface area contributed by atoms with Gasteiger partial charge in [-0.1, -0.05) is 126 Å². The summed E-state index contributed by atoms with van der Waals surface area (Å²) in [7, 11) is 0. The van der Waals surface area contributed by atoms with Gasteiger partial charge in [-0.05, 0) is 63.0 Å². The molecule has 0 N–H and O–H groups in total. The number of rotatable bonds is 9. The molecule has 0 heterocycles. The summed E-state index contributed by atoms with van der Waals surface area (Å²) in [5.74, 6) is 0. The van der Waals surface area contributed by atoms with E-state index in [2.05, 4.69) is 100 Å². The van der Waals surface area contributed by atoms with E-state index in [1.807, 2.05) is 0 Å². The van der Waals surface area contributed by atoms with Crippen LogP contribution in [0.4, 0.5) is 0 Å². The Hall–Kier alpha value is -2.56. The molecule has 31 heavy (non-hydrogen) atoms. The van der Waals surface area contributed by atoms with Crippen molar-refractivity contribution in [3.05, 3.63) is 114 Å². The van der Waals surface area contributed by atoms with E-state index in [1.54, 1.807) is 0 Å². The predicted octanol–water partition coefficient (Wildman–Crippen LogP) is 8.03. The van der Waals surface area contributed by atoms with Gasteiger partial charge in [0.05, 0.1) is 0 Å². The van der Waals surface area contributed by atoms with Gasteiger partial charge in [0.25, 0.3) is 0 Å². The lowest BCUT2D eigenvalue weighted by Gasteiger charge is -2.31. The van der Waals surface area contributed by atoms with Crippen LogP contribution in [-0.4, -0.2) is 12.5 Å². The van der Waals surface area contributed by atoms with Crippen molar-refractivity contribution >= 4 is 29.4 Å². The Balaban J connectivity index is 2.22. The third-order valence-electron chi connectivity index (χ3n) is 6.24. The molecule has 0 amide bonds. The van der Waals surface area contributed by atoms with Crippen LogP contribution in [0.2, 0.25) is 0 Å². The average molecular weight is 427 g/mol. The first kappa shape index (κ1) is 23.1. The van der Waals surface area contributed by atoms with E-state index in [0.29, 0.717) is 0 Å². The van der Waals surface area contributed by atoms with Gasteiger partial charge in [0.2, 0.25) is 0 Å². The van der Waals surface area contributed by atoms with Crippen molar-refractivity contribution in [3.8, 4) is 0 Å². The lowest BCUT2D eigenvalue weighted by Crippen LogP contribution is -2.12. The highest BCUT2D eigenvalue weighted by Gasteiger charge is 2.25. The SMILES string of the molecule is C=C(c1ccccc1)c1ccc(CC)c(C(=C)P(=C)(CCC)c2ccccc2)c1CC. The molecule has 3 rings (SSSR count). The summed E-state index contributed by atoms with van der Waals surface area (Å²) in [5, 5.41) is 2.58.